The van der Waals surface area contributed by atoms with Gasteiger partial charge in [-0.25, -0.2) is 0 Å². The number of nitrogens with zero attached hydrogens (tertiary/aromatic N) is 3. The molecule has 0 saturated carbocycles. The molecule has 0 bridgehead atoms. The summed E-state index contributed by atoms with van der Waals surface area (Å²) in [4.78, 5) is 25.2. The van der Waals surface area contributed by atoms with Crippen LogP contribution < -0.4 is 5.32 Å². The maximum atomic E-state index is 11.9. The topological polar surface area (TPSA) is 111 Å². The number of aromatic nitrogens is 2. The summed E-state index contributed by atoms with van der Waals surface area (Å²) >= 11 is 0. The van der Waals surface area contributed by atoms with Crippen LogP contribution in [0.25, 0.3) is 11.7 Å². The zero-order valence-electron chi connectivity index (χ0n) is 14.6. The van der Waals surface area contributed by atoms with Gasteiger partial charge in [-0.3, -0.25) is 14.5 Å². The van der Waals surface area contributed by atoms with E-state index >= 15 is 0 Å². The van der Waals surface area contributed by atoms with Gasteiger partial charge in [0.1, 0.15) is 6.54 Å². The van der Waals surface area contributed by atoms with Crippen LogP contribution in [0.15, 0.2) is 27.2 Å². The Kier molecular flexibility index (Phi) is 6.00. The van der Waals surface area contributed by atoms with E-state index in [0.717, 1.165) is 25.9 Å². The van der Waals surface area contributed by atoms with Crippen molar-refractivity contribution in [2.75, 3.05) is 32.8 Å². The quantitative estimate of drug-likeness (QED) is 0.731. The largest absolute Gasteiger partial charge is 0.465 e. The van der Waals surface area contributed by atoms with Crippen molar-refractivity contribution in [1.82, 2.24) is 20.4 Å². The summed E-state index contributed by atoms with van der Waals surface area (Å²) in [5.74, 6) is 1.09. The summed E-state index contributed by atoms with van der Waals surface area (Å²) in [6.07, 6.45) is 3.21. The Morgan fingerprint density at radius 3 is 2.85 bits per heavy atom. The summed E-state index contributed by atoms with van der Waals surface area (Å²) < 4.78 is 15.7. The number of piperidine rings is 1. The van der Waals surface area contributed by atoms with Gasteiger partial charge < -0.3 is 18.9 Å². The molecule has 140 valence electrons. The molecule has 0 spiro atoms. The summed E-state index contributed by atoms with van der Waals surface area (Å²) in [7, 11) is 0. The fourth-order valence-corrected chi connectivity index (χ4v) is 2.88. The van der Waals surface area contributed by atoms with Gasteiger partial charge in [0.25, 0.3) is 5.89 Å². The molecular formula is C17H22N4O5. The predicted octanol–water partition coefficient (Wildman–Crippen LogP) is 1.19. The molecule has 0 radical (unpaired) electrons. The van der Waals surface area contributed by atoms with Crippen molar-refractivity contribution < 1.29 is 23.2 Å². The van der Waals surface area contributed by atoms with E-state index < -0.39 is 5.97 Å². The van der Waals surface area contributed by atoms with Gasteiger partial charge in [-0.05, 0) is 45.0 Å². The number of furan rings is 1. The minimum atomic E-state index is -0.427. The molecule has 0 aromatic carbocycles. The van der Waals surface area contributed by atoms with E-state index in [9.17, 15) is 9.59 Å². The second-order valence-electron chi connectivity index (χ2n) is 6.05. The highest BCUT2D eigenvalue weighted by atomic mass is 16.5. The van der Waals surface area contributed by atoms with Crippen molar-refractivity contribution >= 4 is 11.9 Å². The molecule has 9 nitrogen and oxygen atoms in total. The lowest BCUT2D eigenvalue weighted by Crippen LogP contribution is -2.42. The molecule has 0 aliphatic carbocycles. The van der Waals surface area contributed by atoms with Crippen molar-refractivity contribution in [2.24, 2.45) is 0 Å². The molecular weight excluding hydrogens is 340 g/mol. The van der Waals surface area contributed by atoms with Crippen molar-refractivity contribution in [3.05, 3.63) is 24.3 Å². The normalized spacial score (nSPS) is 15.7. The maximum absolute atomic E-state index is 11.9. The number of carbonyl (C=O) groups excluding carboxylic acids is 2. The van der Waals surface area contributed by atoms with Crippen LogP contribution in [0, 0.1) is 0 Å². The van der Waals surface area contributed by atoms with E-state index in [1.165, 1.54) is 0 Å². The second-order valence-corrected chi connectivity index (χ2v) is 6.05. The van der Waals surface area contributed by atoms with E-state index in [1.807, 2.05) is 4.90 Å². The Morgan fingerprint density at radius 1 is 1.35 bits per heavy atom. The van der Waals surface area contributed by atoms with Gasteiger partial charge in [0.2, 0.25) is 11.8 Å². The summed E-state index contributed by atoms with van der Waals surface area (Å²) in [5, 5.41) is 10.7. The fourth-order valence-electron chi connectivity index (χ4n) is 2.88. The molecule has 2 aromatic heterocycles. The number of esters is 1. The van der Waals surface area contributed by atoms with Gasteiger partial charge in [-0.15, -0.1) is 10.2 Å². The SMILES string of the molecule is CCOC(=O)CNC(=O)CN1CCC(c2nnc(-c3ccco3)o2)CC1. The third-order valence-corrected chi connectivity index (χ3v) is 4.21. The molecule has 1 aliphatic heterocycles. The first-order valence-electron chi connectivity index (χ1n) is 8.67. The summed E-state index contributed by atoms with van der Waals surface area (Å²) in [6.45, 7) is 3.69. The van der Waals surface area contributed by atoms with Crippen LogP contribution in [0.5, 0.6) is 0 Å². The third kappa shape index (κ3) is 4.69. The number of nitrogens with one attached hydrogen (secondary N) is 1. The Morgan fingerprint density at radius 2 is 2.15 bits per heavy atom. The lowest BCUT2D eigenvalue weighted by Gasteiger charge is -2.29. The lowest BCUT2D eigenvalue weighted by molar-refractivity contribution is -0.143. The van der Waals surface area contributed by atoms with Crippen molar-refractivity contribution in [3.8, 4) is 11.7 Å². The number of hydrogen-bond donors (Lipinski definition) is 1. The zero-order chi connectivity index (χ0) is 18.4. The van der Waals surface area contributed by atoms with Crippen LogP contribution in [0.4, 0.5) is 0 Å². The van der Waals surface area contributed by atoms with E-state index in [0.29, 0.717) is 24.1 Å². The molecule has 9 heteroatoms. The Labute approximate surface area is 150 Å². The molecule has 26 heavy (non-hydrogen) atoms. The van der Waals surface area contributed by atoms with Crippen LogP contribution in [-0.2, 0) is 14.3 Å². The standard InChI is InChI=1S/C17H22N4O5/c1-2-24-15(23)10-18-14(22)11-21-7-5-12(6-8-21)16-19-20-17(26-16)13-4-3-9-25-13/h3-4,9,12H,2,5-8,10-11H2,1H3,(H,18,22). The number of likely N-dealkylation sites (tertiary alicyclic amines) is 1. The van der Waals surface area contributed by atoms with Gasteiger partial charge in [-0.2, -0.15) is 0 Å². The molecule has 3 heterocycles. The molecule has 1 amide bonds. The van der Waals surface area contributed by atoms with Crippen LogP contribution >= 0.6 is 0 Å². The van der Waals surface area contributed by atoms with Crippen LogP contribution in [-0.4, -0.2) is 59.8 Å². The molecule has 0 atom stereocenters. The zero-order valence-corrected chi connectivity index (χ0v) is 14.6. The van der Waals surface area contributed by atoms with E-state index in [2.05, 4.69) is 15.5 Å². The van der Waals surface area contributed by atoms with Crippen molar-refractivity contribution in [3.63, 3.8) is 0 Å². The molecule has 1 saturated heterocycles. The summed E-state index contributed by atoms with van der Waals surface area (Å²) in [5.41, 5.74) is 0. The minimum absolute atomic E-state index is 0.0965. The first-order chi connectivity index (χ1) is 12.7. The number of carbonyl (C=O) groups is 2. The predicted molar refractivity (Wildman–Crippen MR) is 90.1 cm³/mol. The number of rotatable bonds is 7. The van der Waals surface area contributed by atoms with Crippen LogP contribution in [0.1, 0.15) is 31.6 Å². The maximum Gasteiger partial charge on any atom is 0.325 e. The Balaban J connectivity index is 1.43. The van der Waals surface area contributed by atoms with Gasteiger partial charge >= 0.3 is 5.97 Å². The average molecular weight is 362 g/mol. The lowest BCUT2D eigenvalue weighted by atomic mass is 9.97. The van der Waals surface area contributed by atoms with Crippen LogP contribution in [0.3, 0.4) is 0 Å². The van der Waals surface area contributed by atoms with Gasteiger partial charge in [0, 0.05) is 5.92 Å². The highest BCUT2D eigenvalue weighted by Gasteiger charge is 2.26. The molecule has 3 rings (SSSR count). The van der Waals surface area contributed by atoms with E-state index in [4.69, 9.17) is 13.6 Å². The fraction of sp³-hybridized carbons (Fsp3) is 0.529. The number of ether oxygens (including phenoxy) is 1. The highest BCUT2D eigenvalue weighted by molar-refractivity contribution is 5.83. The Bertz CT molecular complexity index is 719. The first kappa shape index (κ1) is 18.1. The number of hydrogen-bond acceptors (Lipinski definition) is 8. The Hall–Kier alpha value is -2.68. The first-order valence-corrected chi connectivity index (χ1v) is 8.67. The van der Waals surface area contributed by atoms with E-state index in [1.54, 1.807) is 25.3 Å². The highest BCUT2D eigenvalue weighted by Crippen LogP contribution is 2.29. The molecule has 2 aromatic rings. The molecule has 0 unspecified atom stereocenters. The van der Waals surface area contributed by atoms with Crippen LogP contribution in [0.2, 0.25) is 0 Å². The monoisotopic (exact) mass is 362 g/mol. The second kappa shape index (κ2) is 8.61. The minimum Gasteiger partial charge on any atom is -0.465 e. The molecule has 1 aliphatic rings. The van der Waals surface area contributed by atoms with Crippen molar-refractivity contribution in [1.29, 1.82) is 0 Å². The van der Waals surface area contributed by atoms with E-state index in [-0.39, 0.29) is 24.9 Å². The third-order valence-electron chi connectivity index (χ3n) is 4.21. The molecule has 1 N–H and O–H groups in total. The average Bonchev–Trinajstić information content (AvgIpc) is 3.32. The van der Waals surface area contributed by atoms with Gasteiger partial charge in [0.15, 0.2) is 5.76 Å². The molecule has 1 fully saturated rings. The number of amides is 1. The summed E-state index contributed by atoms with van der Waals surface area (Å²) in [6, 6.07) is 3.54. The van der Waals surface area contributed by atoms with Crippen molar-refractivity contribution in [2.45, 2.75) is 25.7 Å². The smallest absolute Gasteiger partial charge is 0.325 e. The van der Waals surface area contributed by atoms with Gasteiger partial charge in [-0.1, -0.05) is 0 Å². The van der Waals surface area contributed by atoms with Gasteiger partial charge in [0.05, 0.1) is 19.4 Å².